The van der Waals surface area contributed by atoms with Crippen LogP contribution in [0.25, 0.3) is 0 Å². The van der Waals surface area contributed by atoms with Gasteiger partial charge < -0.3 is 4.90 Å². The summed E-state index contributed by atoms with van der Waals surface area (Å²) in [5.74, 6) is -0.326. The highest BCUT2D eigenvalue weighted by molar-refractivity contribution is 5.94. The number of hydrogen-bond acceptors (Lipinski definition) is 2. The van der Waals surface area contributed by atoms with Gasteiger partial charge in [-0.05, 0) is 37.1 Å². The van der Waals surface area contributed by atoms with Crippen molar-refractivity contribution in [3.8, 4) is 0 Å². The van der Waals surface area contributed by atoms with Crippen LogP contribution in [0.2, 0.25) is 0 Å². The van der Waals surface area contributed by atoms with Gasteiger partial charge in [0.2, 0.25) is 0 Å². The van der Waals surface area contributed by atoms with Gasteiger partial charge in [0.25, 0.3) is 5.91 Å². The summed E-state index contributed by atoms with van der Waals surface area (Å²) in [6, 6.07) is 8.66. The van der Waals surface area contributed by atoms with E-state index in [-0.39, 0.29) is 11.7 Å². The molecule has 1 aromatic heterocycles. The van der Waals surface area contributed by atoms with Crippen LogP contribution in [0.5, 0.6) is 0 Å². The van der Waals surface area contributed by atoms with Crippen molar-refractivity contribution in [1.29, 1.82) is 0 Å². The molecule has 0 saturated heterocycles. The summed E-state index contributed by atoms with van der Waals surface area (Å²) >= 11 is 0. The Hall–Kier alpha value is -2.23. The second-order valence-electron chi connectivity index (χ2n) is 5.04. The predicted molar refractivity (Wildman–Crippen MR) is 73.8 cm³/mol. The summed E-state index contributed by atoms with van der Waals surface area (Å²) in [5, 5.41) is 0. The van der Waals surface area contributed by atoms with Gasteiger partial charge in [0.05, 0.1) is 5.56 Å². The smallest absolute Gasteiger partial charge is 0.255 e. The molecule has 0 atom stereocenters. The summed E-state index contributed by atoms with van der Waals surface area (Å²) in [7, 11) is 0. The van der Waals surface area contributed by atoms with Crippen LogP contribution < -0.4 is 0 Å². The molecule has 20 heavy (non-hydrogen) atoms. The zero-order chi connectivity index (χ0) is 14.1. The van der Waals surface area contributed by atoms with Gasteiger partial charge in [0, 0.05) is 30.5 Å². The highest BCUT2D eigenvalue weighted by Gasteiger charge is 2.23. The third-order valence-electron chi connectivity index (χ3n) is 3.66. The summed E-state index contributed by atoms with van der Waals surface area (Å²) in [6.45, 7) is 2.82. The van der Waals surface area contributed by atoms with Gasteiger partial charge in [-0.3, -0.25) is 9.78 Å². The molecule has 0 aliphatic carbocycles. The second-order valence-corrected chi connectivity index (χ2v) is 5.04. The fourth-order valence-corrected chi connectivity index (χ4v) is 2.49. The van der Waals surface area contributed by atoms with Crippen molar-refractivity contribution in [3.05, 3.63) is 64.7 Å². The lowest BCUT2D eigenvalue weighted by Gasteiger charge is -2.29. The van der Waals surface area contributed by atoms with Gasteiger partial charge in [0.1, 0.15) is 5.82 Å². The summed E-state index contributed by atoms with van der Waals surface area (Å²) < 4.78 is 13.8. The van der Waals surface area contributed by atoms with Crippen LogP contribution in [0.4, 0.5) is 4.39 Å². The Bertz CT molecular complexity index is 652. The third kappa shape index (κ3) is 2.29. The van der Waals surface area contributed by atoms with Crippen molar-refractivity contribution in [2.45, 2.75) is 19.9 Å². The maximum absolute atomic E-state index is 13.8. The molecule has 1 aliphatic rings. The van der Waals surface area contributed by atoms with E-state index in [4.69, 9.17) is 0 Å². The molecule has 102 valence electrons. The number of rotatable bonds is 1. The Balaban J connectivity index is 1.85. The summed E-state index contributed by atoms with van der Waals surface area (Å²) in [4.78, 5) is 18.2. The van der Waals surface area contributed by atoms with Crippen molar-refractivity contribution in [2.24, 2.45) is 0 Å². The van der Waals surface area contributed by atoms with Crippen LogP contribution in [-0.2, 0) is 13.0 Å². The summed E-state index contributed by atoms with van der Waals surface area (Å²) in [6.07, 6.45) is 2.27. The van der Waals surface area contributed by atoms with Gasteiger partial charge in [-0.1, -0.05) is 12.1 Å². The monoisotopic (exact) mass is 270 g/mol. The molecule has 4 heteroatoms. The number of carbonyl (C=O) groups excluding carboxylic acids is 1. The maximum Gasteiger partial charge on any atom is 0.255 e. The zero-order valence-corrected chi connectivity index (χ0v) is 11.3. The molecule has 0 bridgehead atoms. The molecule has 0 spiro atoms. The average Bonchev–Trinajstić information content (AvgIpc) is 2.47. The lowest BCUT2D eigenvalue weighted by Crippen LogP contribution is -2.36. The molecule has 2 aromatic rings. The van der Waals surface area contributed by atoms with Gasteiger partial charge in [-0.25, -0.2) is 4.39 Å². The molecule has 3 rings (SSSR count). The highest BCUT2D eigenvalue weighted by atomic mass is 19.1. The van der Waals surface area contributed by atoms with Gasteiger partial charge >= 0.3 is 0 Å². The molecular weight excluding hydrogens is 255 g/mol. The third-order valence-corrected chi connectivity index (χ3v) is 3.66. The number of pyridine rings is 1. The van der Waals surface area contributed by atoms with E-state index in [2.05, 4.69) is 4.98 Å². The van der Waals surface area contributed by atoms with Crippen molar-refractivity contribution in [1.82, 2.24) is 9.88 Å². The van der Waals surface area contributed by atoms with Crippen molar-refractivity contribution in [2.75, 3.05) is 6.54 Å². The minimum absolute atomic E-state index is 0.0913. The lowest BCUT2D eigenvalue weighted by molar-refractivity contribution is 0.0732. The normalized spacial score (nSPS) is 14.0. The number of halogens is 1. The zero-order valence-electron chi connectivity index (χ0n) is 11.3. The maximum atomic E-state index is 13.8. The Morgan fingerprint density at radius 2 is 2.15 bits per heavy atom. The van der Waals surface area contributed by atoms with Crippen LogP contribution >= 0.6 is 0 Å². The van der Waals surface area contributed by atoms with Crippen molar-refractivity contribution in [3.63, 3.8) is 0 Å². The van der Waals surface area contributed by atoms with E-state index in [0.717, 1.165) is 11.3 Å². The minimum atomic E-state index is -0.234. The fourth-order valence-electron chi connectivity index (χ4n) is 2.49. The Morgan fingerprint density at radius 1 is 1.30 bits per heavy atom. The van der Waals surface area contributed by atoms with Crippen molar-refractivity contribution < 1.29 is 9.18 Å². The van der Waals surface area contributed by atoms with E-state index in [0.29, 0.717) is 30.6 Å². The van der Waals surface area contributed by atoms with E-state index in [9.17, 15) is 9.18 Å². The Morgan fingerprint density at radius 3 is 2.90 bits per heavy atom. The van der Waals surface area contributed by atoms with Crippen molar-refractivity contribution >= 4 is 5.91 Å². The molecule has 0 radical (unpaired) electrons. The largest absolute Gasteiger partial charge is 0.334 e. The van der Waals surface area contributed by atoms with Gasteiger partial charge in [-0.2, -0.15) is 0 Å². The molecule has 1 aromatic carbocycles. The topological polar surface area (TPSA) is 33.2 Å². The Labute approximate surface area is 117 Å². The van der Waals surface area contributed by atoms with Crippen LogP contribution in [0.1, 0.15) is 27.2 Å². The molecule has 0 N–H and O–H groups in total. The van der Waals surface area contributed by atoms with Crippen LogP contribution in [0.3, 0.4) is 0 Å². The average molecular weight is 270 g/mol. The summed E-state index contributed by atoms with van der Waals surface area (Å²) in [5.41, 5.74) is 3.05. The number of carbonyl (C=O) groups is 1. The molecule has 0 fully saturated rings. The number of amides is 1. The number of benzene rings is 1. The number of aromatic nitrogens is 1. The Kier molecular flexibility index (Phi) is 3.22. The second kappa shape index (κ2) is 5.04. The molecule has 0 saturated carbocycles. The number of fused-ring (bicyclic) bond motifs is 1. The molecular formula is C16H15FN2O. The van der Waals surface area contributed by atoms with E-state index < -0.39 is 0 Å². The number of hydrogen-bond donors (Lipinski definition) is 0. The van der Waals surface area contributed by atoms with E-state index in [1.165, 1.54) is 6.07 Å². The molecule has 0 unspecified atom stereocenters. The molecule has 3 nitrogen and oxygen atoms in total. The van der Waals surface area contributed by atoms with E-state index in [1.54, 1.807) is 23.2 Å². The first-order chi connectivity index (χ1) is 9.65. The quantitative estimate of drug-likeness (QED) is 0.798. The molecule has 1 amide bonds. The minimum Gasteiger partial charge on any atom is -0.334 e. The molecule has 1 aliphatic heterocycles. The van der Waals surface area contributed by atoms with Crippen LogP contribution in [-0.4, -0.2) is 22.3 Å². The fraction of sp³-hybridized carbons (Fsp3) is 0.250. The predicted octanol–water partition coefficient (Wildman–Crippen LogP) is 2.73. The van der Waals surface area contributed by atoms with Crippen LogP contribution in [0, 0.1) is 12.7 Å². The first kappa shape index (κ1) is 12.8. The van der Waals surface area contributed by atoms with Gasteiger partial charge in [0.15, 0.2) is 0 Å². The molecule has 2 heterocycles. The number of nitrogens with zero attached hydrogens (tertiary/aromatic N) is 2. The van der Waals surface area contributed by atoms with E-state index in [1.807, 2.05) is 19.1 Å². The van der Waals surface area contributed by atoms with Crippen LogP contribution in [0.15, 0.2) is 36.5 Å². The number of aryl methyl sites for hydroxylation is 1. The lowest BCUT2D eigenvalue weighted by atomic mass is 9.99. The highest BCUT2D eigenvalue weighted by Crippen LogP contribution is 2.22. The SMILES string of the molecule is Cc1ccc(C(=O)N2CCc3cccc(F)c3C2)cn1. The van der Waals surface area contributed by atoms with Gasteiger partial charge in [-0.15, -0.1) is 0 Å². The first-order valence-corrected chi connectivity index (χ1v) is 6.63. The standard InChI is InChI=1S/C16H15FN2O/c1-11-5-6-13(9-18-11)16(20)19-8-7-12-3-2-4-15(17)14(12)10-19/h2-6,9H,7-8,10H2,1H3. The van der Waals surface area contributed by atoms with E-state index >= 15 is 0 Å². The first-order valence-electron chi connectivity index (χ1n) is 6.63.